The molecule has 154 valence electrons. The molecule has 0 saturated heterocycles. The summed E-state index contributed by atoms with van der Waals surface area (Å²) in [5.74, 6) is 2.84. The van der Waals surface area contributed by atoms with Gasteiger partial charge in [-0.05, 0) is 67.8 Å². The van der Waals surface area contributed by atoms with Crippen molar-refractivity contribution in [3.8, 4) is 17.2 Å². The average Bonchev–Trinajstić information content (AvgIpc) is 2.75. The highest BCUT2D eigenvalue weighted by molar-refractivity contribution is 7.98. The number of rotatable bonds is 6. The van der Waals surface area contributed by atoms with Crippen LogP contribution in [0.15, 0.2) is 76.6 Å². The van der Waals surface area contributed by atoms with Crippen LogP contribution < -0.4 is 19.5 Å². The number of nitrogens with zero attached hydrogens (tertiary/aromatic N) is 1. The van der Waals surface area contributed by atoms with Crippen molar-refractivity contribution in [1.29, 1.82) is 0 Å². The molecular weight excluding hydrogens is 418 g/mol. The molecule has 2 N–H and O–H groups in total. The lowest BCUT2D eigenvalue weighted by Crippen LogP contribution is -2.29. The van der Waals surface area contributed by atoms with Crippen LogP contribution in [0.1, 0.15) is 19.4 Å². The molecule has 1 heterocycles. The summed E-state index contributed by atoms with van der Waals surface area (Å²) < 4.78 is 15.0. The van der Waals surface area contributed by atoms with Crippen LogP contribution in [-0.2, 0) is 6.54 Å². The van der Waals surface area contributed by atoms with Crippen molar-refractivity contribution in [2.45, 2.75) is 31.4 Å². The fraction of sp³-hybridized carbons (Fsp3) is 0.174. The second-order valence-electron chi connectivity index (χ2n) is 6.97. The maximum atomic E-state index is 6.25. The molecule has 5 nitrogen and oxygen atoms in total. The predicted octanol–water partition coefficient (Wildman–Crippen LogP) is 6.50. The molecular formula is C23H22ClN3O2S. The molecule has 0 radical (unpaired) electrons. The summed E-state index contributed by atoms with van der Waals surface area (Å²) in [5.41, 5.74) is 1.96. The van der Waals surface area contributed by atoms with E-state index < -0.39 is 0 Å². The summed E-state index contributed by atoms with van der Waals surface area (Å²) >= 11 is 7.74. The Hall–Kier alpha value is -2.83. The Bertz CT molecular complexity index is 1050. The lowest BCUT2D eigenvalue weighted by molar-refractivity contribution is 0.242. The lowest BCUT2D eigenvalue weighted by Gasteiger charge is -2.23. The van der Waals surface area contributed by atoms with Gasteiger partial charge in [-0.25, -0.2) is 4.99 Å². The quantitative estimate of drug-likeness (QED) is 0.429. The van der Waals surface area contributed by atoms with E-state index >= 15 is 0 Å². The van der Waals surface area contributed by atoms with Gasteiger partial charge in [0.05, 0.1) is 28.3 Å². The molecule has 3 aromatic rings. The molecule has 0 spiro atoms. The molecule has 4 rings (SSSR count). The molecule has 0 atom stereocenters. The highest BCUT2D eigenvalue weighted by Gasteiger charge is 2.19. The molecule has 7 heteroatoms. The number of anilines is 1. The second kappa shape index (κ2) is 9.32. The first-order valence-corrected chi connectivity index (χ1v) is 10.8. The zero-order valence-electron chi connectivity index (χ0n) is 16.7. The van der Waals surface area contributed by atoms with E-state index in [2.05, 4.69) is 15.0 Å². The third-order valence-electron chi connectivity index (χ3n) is 4.26. The fourth-order valence-corrected chi connectivity index (χ4v) is 3.78. The van der Waals surface area contributed by atoms with Gasteiger partial charge in [0.1, 0.15) is 11.5 Å². The molecule has 0 aromatic heterocycles. The third-order valence-corrected chi connectivity index (χ3v) is 5.43. The van der Waals surface area contributed by atoms with Crippen LogP contribution in [0.25, 0.3) is 0 Å². The van der Waals surface area contributed by atoms with E-state index in [1.54, 1.807) is 6.07 Å². The van der Waals surface area contributed by atoms with Gasteiger partial charge in [-0.1, -0.05) is 41.9 Å². The predicted molar refractivity (Wildman–Crippen MR) is 124 cm³/mol. The van der Waals surface area contributed by atoms with Gasteiger partial charge >= 0.3 is 0 Å². The molecule has 30 heavy (non-hydrogen) atoms. The smallest absolute Gasteiger partial charge is 0.206 e. The molecule has 0 saturated carbocycles. The summed E-state index contributed by atoms with van der Waals surface area (Å²) in [4.78, 5) is 5.68. The Morgan fingerprint density at radius 3 is 2.50 bits per heavy atom. The highest BCUT2D eigenvalue weighted by atomic mass is 35.5. The van der Waals surface area contributed by atoms with Crippen LogP contribution in [0, 0.1) is 0 Å². The number of halogens is 1. The SMILES string of the molecule is CC(C)Oc1ccc(CN=C2NSc3cccc(Oc4ccccc4Cl)c3N2)cc1. The van der Waals surface area contributed by atoms with Crippen LogP contribution >= 0.6 is 23.5 Å². The van der Waals surface area contributed by atoms with Crippen molar-refractivity contribution in [1.82, 2.24) is 4.72 Å². The summed E-state index contributed by atoms with van der Waals surface area (Å²) in [7, 11) is 0. The first kappa shape index (κ1) is 20.4. The number of fused-ring (bicyclic) bond motifs is 1. The van der Waals surface area contributed by atoms with Gasteiger partial charge in [-0.15, -0.1) is 0 Å². The van der Waals surface area contributed by atoms with Crippen LogP contribution in [0.4, 0.5) is 5.69 Å². The van der Waals surface area contributed by atoms with Crippen molar-refractivity contribution >= 4 is 35.2 Å². The van der Waals surface area contributed by atoms with Crippen molar-refractivity contribution in [3.05, 3.63) is 77.3 Å². The first-order valence-electron chi connectivity index (χ1n) is 9.64. The van der Waals surface area contributed by atoms with Gasteiger partial charge in [0, 0.05) is 0 Å². The standard InChI is InChI=1S/C23H22ClN3O2S/c1-15(2)28-17-12-10-16(11-13-17)14-25-23-26-22-20(8-5-9-21(22)30-27-23)29-19-7-4-3-6-18(19)24/h3-13,15H,14H2,1-2H3,(H2,25,26,27). The fourth-order valence-electron chi connectivity index (χ4n) is 2.89. The van der Waals surface area contributed by atoms with Gasteiger partial charge < -0.3 is 14.8 Å². The third kappa shape index (κ3) is 5.01. The van der Waals surface area contributed by atoms with E-state index in [0.717, 1.165) is 21.9 Å². The zero-order chi connectivity index (χ0) is 20.9. The average molecular weight is 440 g/mol. The number of para-hydroxylation sites is 2. The molecule has 3 aromatic carbocycles. The van der Waals surface area contributed by atoms with Gasteiger partial charge in [0.15, 0.2) is 5.75 Å². The zero-order valence-corrected chi connectivity index (χ0v) is 18.3. The number of aliphatic imine (C=N–C) groups is 1. The topological polar surface area (TPSA) is 54.9 Å². The van der Waals surface area contributed by atoms with Crippen molar-refractivity contribution in [2.24, 2.45) is 4.99 Å². The lowest BCUT2D eigenvalue weighted by atomic mass is 10.2. The summed E-state index contributed by atoms with van der Waals surface area (Å²) in [6.07, 6.45) is 0.158. The van der Waals surface area contributed by atoms with Crippen molar-refractivity contribution < 1.29 is 9.47 Å². The normalized spacial score (nSPS) is 14.1. The van der Waals surface area contributed by atoms with Crippen LogP contribution in [0.3, 0.4) is 0 Å². The number of guanidine groups is 1. The number of benzene rings is 3. The van der Waals surface area contributed by atoms with E-state index in [0.29, 0.717) is 29.0 Å². The molecule has 0 aliphatic carbocycles. The molecule has 0 bridgehead atoms. The summed E-state index contributed by atoms with van der Waals surface area (Å²) in [6, 6.07) is 21.3. The largest absolute Gasteiger partial charge is 0.491 e. The molecule has 0 unspecified atom stereocenters. The van der Waals surface area contributed by atoms with E-state index in [4.69, 9.17) is 21.1 Å². The summed E-state index contributed by atoms with van der Waals surface area (Å²) in [6.45, 7) is 4.57. The minimum absolute atomic E-state index is 0.158. The Balaban J connectivity index is 1.48. The van der Waals surface area contributed by atoms with E-state index in [-0.39, 0.29) is 6.10 Å². The number of nitrogens with one attached hydrogen (secondary N) is 2. The first-order chi connectivity index (χ1) is 14.6. The maximum Gasteiger partial charge on any atom is 0.206 e. The Morgan fingerprint density at radius 2 is 1.73 bits per heavy atom. The van der Waals surface area contributed by atoms with Crippen molar-refractivity contribution in [2.75, 3.05) is 5.32 Å². The number of hydrogen-bond donors (Lipinski definition) is 2. The minimum atomic E-state index is 0.158. The molecule has 1 aliphatic heterocycles. The Labute approximate surface area is 185 Å². The maximum absolute atomic E-state index is 6.25. The highest BCUT2D eigenvalue weighted by Crippen LogP contribution is 2.40. The van der Waals surface area contributed by atoms with Crippen LogP contribution in [0.5, 0.6) is 17.2 Å². The van der Waals surface area contributed by atoms with Gasteiger partial charge in [-0.2, -0.15) is 0 Å². The van der Waals surface area contributed by atoms with E-state index in [1.807, 2.05) is 74.5 Å². The van der Waals surface area contributed by atoms with E-state index in [9.17, 15) is 0 Å². The summed E-state index contributed by atoms with van der Waals surface area (Å²) in [5, 5.41) is 3.90. The van der Waals surface area contributed by atoms with Crippen LogP contribution in [-0.4, -0.2) is 12.1 Å². The Morgan fingerprint density at radius 1 is 0.967 bits per heavy atom. The minimum Gasteiger partial charge on any atom is -0.491 e. The number of ether oxygens (including phenoxy) is 2. The van der Waals surface area contributed by atoms with Gasteiger partial charge in [0.2, 0.25) is 5.96 Å². The monoisotopic (exact) mass is 439 g/mol. The van der Waals surface area contributed by atoms with Gasteiger partial charge in [0.25, 0.3) is 0 Å². The number of hydrogen-bond acceptors (Lipinski definition) is 4. The molecule has 0 amide bonds. The van der Waals surface area contributed by atoms with Crippen LogP contribution in [0.2, 0.25) is 5.02 Å². The van der Waals surface area contributed by atoms with Crippen molar-refractivity contribution in [3.63, 3.8) is 0 Å². The molecule has 1 aliphatic rings. The van der Waals surface area contributed by atoms with Gasteiger partial charge in [-0.3, -0.25) is 4.72 Å². The second-order valence-corrected chi connectivity index (χ2v) is 8.22. The molecule has 0 fully saturated rings. The van der Waals surface area contributed by atoms with E-state index in [1.165, 1.54) is 11.9 Å². The Kier molecular flexibility index (Phi) is 6.35.